The van der Waals surface area contributed by atoms with Crippen LogP contribution in [0.4, 0.5) is 0 Å². The van der Waals surface area contributed by atoms with Gasteiger partial charge in [-0.15, -0.1) is 0 Å². The quantitative estimate of drug-likeness (QED) is 0.374. The molecule has 0 amide bonds. The Bertz CT molecular complexity index is 640. The second-order valence-corrected chi connectivity index (χ2v) is 7.45. The Morgan fingerprint density at radius 3 is 2.45 bits per heavy atom. The third kappa shape index (κ3) is 7.66. The van der Waals surface area contributed by atoms with Crippen molar-refractivity contribution >= 4 is 11.9 Å². The molecule has 1 atom stereocenters. The fraction of sp³-hybridized carbons (Fsp3) is 0.636. The van der Waals surface area contributed by atoms with E-state index in [1.165, 1.54) is 0 Å². The molecule has 7 heteroatoms. The molecule has 162 valence electrons. The molecule has 1 saturated heterocycles. The SMILES string of the molecule is CCNC(=NCc1ccc(C(=O)OCC)cc1)NCC(C(C)C)N1CCOCC1. The highest BCUT2D eigenvalue weighted by molar-refractivity contribution is 5.89. The first-order valence-corrected chi connectivity index (χ1v) is 10.6. The van der Waals surface area contributed by atoms with E-state index in [0.717, 1.165) is 50.9 Å². The lowest BCUT2D eigenvalue weighted by Gasteiger charge is -2.37. The van der Waals surface area contributed by atoms with Crippen molar-refractivity contribution in [2.24, 2.45) is 10.9 Å². The first-order valence-electron chi connectivity index (χ1n) is 10.6. The summed E-state index contributed by atoms with van der Waals surface area (Å²) in [5, 5.41) is 6.82. The van der Waals surface area contributed by atoms with Crippen molar-refractivity contribution in [3.8, 4) is 0 Å². The second kappa shape index (κ2) is 12.4. The van der Waals surface area contributed by atoms with Gasteiger partial charge in [0.25, 0.3) is 0 Å². The Balaban J connectivity index is 1.95. The average Bonchev–Trinajstić information content (AvgIpc) is 2.73. The normalized spacial score (nSPS) is 16.5. The maximum atomic E-state index is 11.8. The number of nitrogens with zero attached hydrogens (tertiary/aromatic N) is 2. The average molecular weight is 405 g/mol. The van der Waals surface area contributed by atoms with Crippen LogP contribution in [0.3, 0.4) is 0 Å². The second-order valence-electron chi connectivity index (χ2n) is 7.45. The van der Waals surface area contributed by atoms with E-state index >= 15 is 0 Å². The summed E-state index contributed by atoms with van der Waals surface area (Å²) in [6, 6.07) is 7.85. The van der Waals surface area contributed by atoms with Gasteiger partial charge in [0.05, 0.1) is 31.9 Å². The van der Waals surface area contributed by atoms with Crippen LogP contribution in [0.5, 0.6) is 0 Å². The van der Waals surface area contributed by atoms with E-state index in [0.29, 0.717) is 30.7 Å². The number of carbonyl (C=O) groups is 1. The zero-order chi connectivity index (χ0) is 21.1. The number of aliphatic imine (C=N–C) groups is 1. The van der Waals surface area contributed by atoms with Gasteiger partial charge in [-0.2, -0.15) is 0 Å². The van der Waals surface area contributed by atoms with Crippen molar-refractivity contribution in [3.63, 3.8) is 0 Å². The summed E-state index contributed by atoms with van der Waals surface area (Å²) >= 11 is 0. The molecule has 0 aromatic heterocycles. The Labute approximate surface area is 174 Å². The molecule has 1 aromatic carbocycles. The zero-order valence-electron chi connectivity index (χ0n) is 18.2. The Kier molecular flexibility index (Phi) is 9.94. The molecule has 0 aliphatic carbocycles. The Hall–Kier alpha value is -2.12. The van der Waals surface area contributed by atoms with Gasteiger partial charge in [0.1, 0.15) is 0 Å². The lowest BCUT2D eigenvalue weighted by atomic mass is 10.0. The number of morpholine rings is 1. The molecular formula is C22H36N4O3. The third-order valence-electron chi connectivity index (χ3n) is 4.99. The third-order valence-corrected chi connectivity index (χ3v) is 4.99. The van der Waals surface area contributed by atoms with Crippen LogP contribution < -0.4 is 10.6 Å². The van der Waals surface area contributed by atoms with Gasteiger partial charge in [-0.3, -0.25) is 4.90 Å². The number of hydrogen-bond acceptors (Lipinski definition) is 5. The number of hydrogen-bond donors (Lipinski definition) is 2. The first kappa shape index (κ1) is 23.2. The van der Waals surface area contributed by atoms with Crippen molar-refractivity contribution in [2.45, 2.75) is 40.3 Å². The van der Waals surface area contributed by atoms with Gasteiger partial charge in [-0.25, -0.2) is 9.79 Å². The molecule has 1 aliphatic heterocycles. The lowest BCUT2D eigenvalue weighted by molar-refractivity contribution is 0.00752. The van der Waals surface area contributed by atoms with Crippen LogP contribution in [0, 0.1) is 5.92 Å². The summed E-state index contributed by atoms with van der Waals surface area (Å²) in [5.41, 5.74) is 1.61. The molecule has 29 heavy (non-hydrogen) atoms. The number of ether oxygens (including phenoxy) is 2. The molecule has 7 nitrogen and oxygen atoms in total. The maximum Gasteiger partial charge on any atom is 0.338 e. The predicted octanol–water partition coefficient (Wildman–Crippen LogP) is 2.28. The molecule has 0 spiro atoms. The number of carbonyl (C=O) groups excluding carboxylic acids is 1. The molecule has 1 unspecified atom stereocenters. The fourth-order valence-electron chi connectivity index (χ4n) is 3.37. The molecule has 2 N–H and O–H groups in total. The van der Waals surface area contributed by atoms with E-state index in [4.69, 9.17) is 14.5 Å². The van der Waals surface area contributed by atoms with Gasteiger partial charge >= 0.3 is 5.97 Å². The van der Waals surface area contributed by atoms with Crippen LogP contribution in [-0.4, -0.2) is 68.9 Å². The minimum Gasteiger partial charge on any atom is -0.462 e. The van der Waals surface area contributed by atoms with Crippen molar-refractivity contribution in [1.82, 2.24) is 15.5 Å². The monoisotopic (exact) mass is 404 g/mol. The van der Waals surface area contributed by atoms with Crippen molar-refractivity contribution in [2.75, 3.05) is 46.0 Å². The van der Waals surface area contributed by atoms with E-state index in [9.17, 15) is 4.79 Å². The van der Waals surface area contributed by atoms with Crippen LogP contribution in [-0.2, 0) is 16.0 Å². The van der Waals surface area contributed by atoms with E-state index in [-0.39, 0.29) is 5.97 Å². The number of nitrogens with one attached hydrogen (secondary N) is 2. The molecular weight excluding hydrogens is 368 g/mol. The first-order chi connectivity index (χ1) is 14.0. The molecule has 0 radical (unpaired) electrons. The van der Waals surface area contributed by atoms with E-state index in [2.05, 4.69) is 36.3 Å². The molecule has 2 rings (SSSR count). The Morgan fingerprint density at radius 1 is 1.17 bits per heavy atom. The summed E-state index contributed by atoms with van der Waals surface area (Å²) in [6.45, 7) is 14.5. The lowest BCUT2D eigenvalue weighted by Crippen LogP contribution is -2.52. The van der Waals surface area contributed by atoms with Crippen LogP contribution in [0.25, 0.3) is 0 Å². The highest BCUT2D eigenvalue weighted by Gasteiger charge is 2.23. The number of guanidine groups is 1. The van der Waals surface area contributed by atoms with E-state index in [1.807, 2.05) is 12.1 Å². The molecule has 1 aliphatic rings. The smallest absolute Gasteiger partial charge is 0.338 e. The minimum atomic E-state index is -0.291. The van der Waals surface area contributed by atoms with E-state index in [1.54, 1.807) is 19.1 Å². The van der Waals surface area contributed by atoms with Gasteiger partial charge in [0, 0.05) is 32.2 Å². The van der Waals surface area contributed by atoms with Crippen LogP contribution >= 0.6 is 0 Å². The standard InChI is InChI=1S/C22H36N4O3/c1-5-23-22(25-16-20(17(3)4)26-11-13-28-14-12-26)24-15-18-7-9-19(10-8-18)21(27)29-6-2/h7-10,17,20H,5-6,11-16H2,1-4H3,(H2,23,24,25). The predicted molar refractivity (Wildman–Crippen MR) is 116 cm³/mol. The Morgan fingerprint density at radius 2 is 1.86 bits per heavy atom. The number of esters is 1. The summed E-state index contributed by atoms with van der Waals surface area (Å²) in [6.07, 6.45) is 0. The summed E-state index contributed by atoms with van der Waals surface area (Å²) in [4.78, 5) is 19.0. The van der Waals surface area contributed by atoms with Gasteiger partial charge in [-0.05, 0) is 37.5 Å². The molecule has 1 aromatic rings. The van der Waals surface area contributed by atoms with Crippen LogP contribution in [0.15, 0.2) is 29.3 Å². The minimum absolute atomic E-state index is 0.291. The molecule has 1 fully saturated rings. The zero-order valence-corrected chi connectivity index (χ0v) is 18.2. The molecule has 0 bridgehead atoms. The molecule has 1 heterocycles. The topological polar surface area (TPSA) is 75.2 Å². The van der Waals surface area contributed by atoms with Crippen molar-refractivity contribution in [3.05, 3.63) is 35.4 Å². The molecule has 0 saturated carbocycles. The number of rotatable bonds is 9. The summed E-state index contributed by atoms with van der Waals surface area (Å²) in [7, 11) is 0. The van der Waals surface area contributed by atoms with Crippen LogP contribution in [0.2, 0.25) is 0 Å². The summed E-state index contributed by atoms with van der Waals surface area (Å²) in [5.74, 6) is 1.06. The van der Waals surface area contributed by atoms with Crippen molar-refractivity contribution < 1.29 is 14.3 Å². The highest BCUT2D eigenvalue weighted by Crippen LogP contribution is 2.12. The maximum absolute atomic E-state index is 11.8. The summed E-state index contributed by atoms with van der Waals surface area (Å²) < 4.78 is 10.5. The van der Waals surface area contributed by atoms with E-state index < -0.39 is 0 Å². The van der Waals surface area contributed by atoms with Gasteiger partial charge < -0.3 is 20.1 Å². The van der Waals surface area contributed by atoms with Gasteiger partial charge in [-0.1, -0.05) is 26.0 Å². The van der Waals surface area contributed by atoms with Crippen LogP contribution in [0.1, 0.15) is 43.6 Å². The highest BCUT2D eigenvalue weighted by atomic mass is 16.5. The fourth-order valence-corrected chi connectivity index (χ4v) is 3.37. The van der Waals surface area contributed by atoms with Gasteiger partial charge in [0.2, 0.25) is 0 Å². The number of benzene rings is 1. The van der Waals surface area contributed by atoms with Gasteiger partial charge in [0.15, 0.2) is 5.96 Å². The van der Waals surface area contributed by atoms with Crippen molar-refractivity contribution in [1.29, 1.82) is 0 Å². The largest absolute Gasteiger partial charge is 0.462 e.